The molecule has 0 atom stereocenters. The van der Waals surface area contributed by atoms with E-state index in [9.17, 15) is 4.79 Å². The molecule has 1 aromatic heterocycles. The van der Waals surface area contributed by atoms with Gasteiger partial charge in [0, 0.05) is 12.6 Å². The van der Waals surface area contributed by atoms with E-state index >= 15 is 0 Å². The molecule has 16 heavy (non-hydrogen) atoms. The zero-order chi connectivity index (χ0) is 12.1. The third-order valence-corrected chi connectivity index (χ3v) is 2.14. The second-order valence-corrected chi connectivity index (χ2v) is 4.09. The van der Waals surface area contributed by atoms with Gasteiger partial charge in [-0.3, -0.25) is 4.79 Å². The predicted molar refractivity (Wildman–Crippen MR) is 66.0 cm³/mol. The molecule has 0 radical (unpaired) electrons. The summed E-state index contributed by atoms with van der Waals surface area (Å²) >= 11 is 5.92. The highest BCUT2D eigenvalue weighted by molar-refractivity contribution is 6.33. The van der Waals surface area contributed by atoms with E-state index in [1.54, 1.807) is 12.1 Å². The number of hydrogen-bond acceptors (Lipinski definition) is 3. The Bertz CT molecular complexity index is 379. The van der Waals surface area contributed by atoms with Gasteiger partial charge in [-0.2, -0.15) is 0 Å². The first kappa shape index (κ1) is 12.8. The second-order valence-electron chi connectivity index (χ2n) is 3.69. The van der Waals surface area contributed by atoms with Crippen molar-refractivity contribution in [3.8, 4) is 0 Å². The quantitative estimate of drug-likeness (QED) is 0.851. The van der Waals surface area contributed by atoms with E-state index in [1.807, 2.05) is 20.8 Å². The molecule has 1 amide bonds. The monoisotopic (exact) mass is 241 g/mol. The molecule has 2 N–H and O–H groups in total. The molecule has 88 valence electrons. The molecule has 1 heterocycles. The highest BCUT2D eigenvalue weighted by Crippen LogP contribution is 2.16. The van der Waals surface area contributed by atoms with Gasteiger partial charge in [-0.25, -0.2) is 4.98 Å². The third-order valence-electron chi connectivity index (χ3n) is 1.84. The summed E-state index contributed by atoms with van der Waals surface area (Å²) in [5, 5.41) is 6.15. The summed E-state index contributed by atoms with van der Waals surface area (Å²) in [6.45, 7) is 6.49. The molecule has 0 saturated heterocycles. The lowest BCUT2D eigenvalue weighted by atomic mass is 10.3. The summed E-state index contributed by atoms with van der Waals surface area (Å²) in [4.78, 5) is 15.9. The normalized spacial score (nSPS) is 10.3. The largest absolute Gasteiger partial charge is 0.370 e. The van der Waals surface area contributed by atoms with Crippen LogP contribution in [0, 0.1) is 0 Å². The topological polar surface area (TPSA) is 54.0 Å². The molecule has 0 spiro atoms. The van der Waals surface area contributed by atoms with Gasteiger partial charge in [0.05, 0.1) is 5.02 Å². The standard InChI is InChI=1S/C11H16ClN3O/c1-4-13-9-6-5-8(12)10(15-9)11(16)14-7(2)3/h5-7H,4H2,1-3H3,(H,13,15)(H,14,16). The van der Waals surface area contributed by atoms with Crippen LogP contribution in [0.3, 0.4) is 0 Å². The van der Waals surface area contributed by atoms with Crippen molar-refractivity contribution < 1.29 is 4.79 Å². The molecule has 0 aliphatic heterocycles. The fourth-order valence-electron chi connectivity index (χ4n) is 1.21. The summed E-state index contributed by atoms with van der Waals surface area (Å²) in [5.74, 6) is 0.403. The Balaban J connectivity index is 2.93. The van der Waals surface area contributed by atoms with E-state index in [2.05, 4.69) is 15.6 Å². The Hall–Kier alpha value is -1.29. The second kappa shape index (κ2) is 5.70. The van der Waals surface area contributed by atoms with E-state index in [0.29, 0.717) is 10.8 Å². The zero-order valence-electron chi connectivity index (χ0n) is 9.67. The van der Waals surface area contributed by atoms with Crippen LogP contribution in [0.5, 0.6) is 0 Å². The van der Waals surface area contributed by atoms with Crippen molar-refractivity contribution in [2.45, 2.75) is 26.8 Å². The molecule has 0 aromatic carbocycles. The first-order chi connectivity index (χ1) is 7.54. The average Bonchev–Trinajstić information content (AvgIpc) is 2.20. The van der Waals surface area contributed by atoms with Crippen LogP contribution in [-0.2, 0) is 0 Å². The number of nitrogens with one attached hydrogen (secondary N) is 2. The van der Waals surface area contributed by atoms with Crippen LogP contribution in [0.15, 0.2) is 12.1 Å². The number of carbonyl (C=O) groups is 1. The molecule has 0 bridgehead atoms. The fraction of sp³-hybridized carbons (Fsp3) is 0.455. The highest BCUT2D eigenvalue weighted by Gasteiger charge is 2.13. The number of anilines is 1. The van der Waals surface area contributed by atoms with Crippen LogP contribution in [0.2, 0.25) is 5.02 Å². The van der Waals surface area contributed by atoms with Crippen molar-refractivity contribution in [3.05, 3.63) is 22.8 Å². The lowest BCUT2D eigenvalue weighted by Crippen LogP contribution is -2.31. The van der Waals surface area contributed by atoms with Crippen molar-refractivity contribution in [2.75, 3.05) is 11.9 Å². The van der Waals surface area contributed by atoms with Gasteiger partial charge in [-0.15, -0.1) is 0 Å². The number of nitrogens with zero attached hydrogens (tertiary/aromatic N) is 1. The Kier molecular flexibility index (Phi) is 4.55. The molecule has 5 heteroatoms. The minimum Gasteiger partial charge on any atom is -0.370 e. The third kappa shape index (κ3) is 3.38. The maximum Gasteiger partial charge on any atom is 0.271 e. The summed E-state index contributed by atoms with van der Waals surface area (Å²) in [6.07, 6.45) is 0. The molecule has 0 aliphatic rings. The Morgan fingerprint density at radius 2 is 2.19 bits per heavy atom. The number of pyridine rings is 1. The number of amides is 1. The number of aromatic nitrogens is 1. The molecular weight excluding hydrogens is 226 g/mol. The Morgan fingerprint density at radius 3 is 2.75 bits per heavy atom. The van der Waals surface area contributed by atoms with Gasteiger partial charge in [0.2, 0.25) is 0 Å². The number of hydrogen-bond donors (Lipinski definition) is 2. The zero-order valence-corrected chi connectivity index (χ0v) is 10.4. The van der Waals surface area contributed by atoms with Gasteiger partial charge < -0.3 is 10.6 Å². The number of carbonyl (C=O) groups excluding carboxylic acids is 1. The average molecular weight is 242 g/mol. The summed E-state index contributed by atoms with van der Waals surface area (Å²) in [5.41, 5.74) is 0.258. The van der Waals surface area contributed by atoms with Crippen LogP contribution >= 0.6 is 11.6 Å². The van der Waals surface area contributed by atoms with E-state index in [0.717, 1.165) is 6.54 Å². The van der Waals surface area contributed by atoms with Crippen LogP contribution in [0.4, 0.5) is 5.82 Å². The van der Waals surface area contributed by atoms with Gasteiger partial charge in [0.15, 0.2) is 0 Å². The van der Waals surface area contributed by atoms with Crippen molar-refractivity contribution in [1.29, 1.82) is 0 Å². The smallest absolute Gasteiger partial charge is 0.271 e. The van der Waals surface area contributed by atoms with Crippen LogP contribution in [-0.4, -0.2) is 23.5 Å². The molecular formula is C11H16ClN3O. The first-order valence-electron chi connectivity index (χ1n) is 5.26. The predicted octanol–water partition coefficient (Wildman–Crippen LogP) is 2.31. The number of rotatable bonds is 4. The minimum atomic E-state index is -0.250. The molecule has 0 unspecified atom stereocenters. The van der Waals surface area contributed by atoms with Crippen LogP contribution < -0.4 is 10.6 Å². The van der Waals surface area contributed by atoms with E-state index in [1.165, 1.54) is 0 Å². The molecule has 0 saturated carbocycles. The fourth-order valence-corrected chi connectivity index (χ4v) is 1.40. The first-order valence-corrected chi connectivity index (χ1v) is 5.63. The van der Waals surface area contributed by atoms with Gasteiger partial charge >= 0.3 is 0 Å². The van der Waals surface area contributed by atoms with Gasteiger partial charge in [-0.1, -0.05) is 11.6 Å². The number of halogens is 1. The van der Waals surface area contributed by atoms with Crippen molar-refractivity contribution in [2.24, 2.45) is 0 Å². The lowest BCUT2D eigenvalue weighted by molar-refractivity contribution is 0.0938. The van der Waals surface area contributed by atoms with E-state index in [4.69, 9.17) is 11.6 Å². The molecule has 1 aromatic rings. The van der Waals surface area contributed by atoms with Crippen molar-refractivity contribution in [1.82, 2.24) is 10.3 Å². The van der Waals surface area contributed by atoms with Crippen molar-refractivity contribution >= 4 is 23.3 Å². The molecule has 0 fully saturated rings. The van der Waals surface area contributed by atoms with Crippen molar-refractivity contribution in [3.63, 3.8) is 0 Å². The van der Waals surface area contributed by atoms with E-state index < -0.39 is 0 Å². The molecule has 4 nitrogen and oxygen atoms in total. The summed E-state index contributed by atoms with van der Waals surface area (Å²) < 4.78 is 0. The molecule has 0 aliphatic carbocycles. The Morgan fingerprint density at radius 1 is 1.50 bits per heavy atom. The summed E-state index contributed by atoms with van der Waals surface area (Å²) in [7, 11) is 0. The van der Waals surface area contributed by atoms with Gasteiger partial charge in [-0.05, 0) is 32.9 Å². The Labute approximate surface area is 100 Å². The van der Waals surface area contributed by atoms with Gasteiger partial charge in [0.25, 0.3) is 5.91 Å². The van der Waals surface area contributed by atoms with Gasteiger partial charge in [0.1, 0.15) is 11.5 Å². The SMILES string of the molecule is CCNc1ccc(Cl)c(C(=O)NC(C)C)n1. The maximum absolute atomic E-state index is 11.7. The molecule has 1 rings (SSSR count). The van der Waals surface area contributed by atoms with E-state index in [-0.39, 0.29) is 17.6 Å². The minimum absolute atomic E-state index is 0.0631. The summed E-state index contributed by atoms with van der Waals surface area (Å²) in [6, 6.07) is 3.48. The van der Waals surface area contributed by atoms with Crippen LogP contribution in [0.1, 0.15) is 31.3 Å². The van der Waals surface area contributed by atoms with Crippen LogP contribution in [0.25, 0.3) is 0 Å². The maximum atomic E-state index is 11.7. The lowest BCUT2D eigenvalue weighted by Gasteiger charge is -2.10. The highest BCUT2D eigenvalue weighted by atomic mass is 35.5.